The third-order valence-corrected chi connectivity index (χ3v) is 5.92. The van der Waals surface area contributed by atoms with Crippen LogP contribution in [0.3, 0.4) is 0 Å². The van der Waals surface area contributed by atoms with E-state index in [1.807, 2.05) is 43.5 Å². The third-order valence-electron chi connectivity index (χ3n) is 4.83. The van der Waals surface area contributed by atoms with Gasteiger partial charge in [-0.25, -0.2) is 14.5 Å². The maximum atomic E-state index is 12.5. The number of halogens is 1. The van der Waals surface area contributed by atoms with E-state index in [-0.39, 0.29) is 12.3 Å². The molecule has 0 bridgehead atoms. The normalized spacial score (nSPS) is 10.9. The molecule has 1 aromatic carbocycles. The summed E-state index contributed by atoms with van der Waals surface area (Å²) >= 11 is 7.58. The van der Waals surface area contributed by atoms with Crippen LogP contribution in [-0.4, -0.2) is 25.5 Å². The number of carbonyl (C=O) groups excluding carboxylic acids is 1. The lowest BCUT2D eigenvalue weighted by atomic mass is 10.1. The van der Waals surface area contributed by atoms with Gasteiger partial charge in [-0.2, -0.15) is 10.4 Å². The molecular formula is C21H17ClN6OS. The number of fused-ring (bicyclic) bond motifs is 1. The number of hydrogen-bond donors (Lipinski definition) is 1. The van der Waals surface area contributed by atoms with Gasteiger partial charge < -0.3 is 5.32 Å². The number of benzene rings is 1. The van der Waals surface area contributed by atoms with E-state index in [4.69, 9.17) is 11.6 Å². The smallest absolute Gasteiger partial charge is 0.226 e. The Morgan fingerprint density at radius 1 is 1.30 bits per heavy atom. The Balaban J connectivity index is 1.46. The van der Waals surface area contributed by atoms with Crippen LogP contribution < -0.4 is 5.32 Å². The maximum Gasteiger partial charge on any atom is 0.226 e. The SMILES string of the molecule is Cc1nc2c(C#N)cnn2c(C)c1CCC(=O)Nc1nc(-c2ccccc2Cl)cs1. The van der Waals surface area contributed by atoms with E-state index in [0.29, 0.717) is 27.8 Å². The lowest BCUT2D eigenvalue weighted by molar-refractivity contribution is -0.116. The third kappa shape index (κ3) is 3.77. The van der Waals surface area contributed by atoms with Gasteiger partial charge in [0.25, 0.3) is 0 Å². The van der Waals surface area contributed by atoms with Gasteiger partial charge in [-0.15, -0.1) is 11.3 Å². The molecule has 0 fully saturated rings. The molecule has 0 radical (unpaired) electrons. The first-order valence-corrected chi connectivity index (χ1v) is 10.5. The van der Waals surface area contributed by atoms with Gasteiger partial charge in [-0.3, -0.25) is 4.79 Å². The number of thiazole rings is 1. The number of nitrogens with zero attached hydrogens (tertiary/aromatic N) is 5. The van der Waals surface area contributed by atoms with Crippen molar-refractivity contribution in [3.63, 3.8) is 0 Å². The molecule has 7 nitrogen and oxygen atoms in total. The summed E-state index contributed by atoms with van der Waals surface area (Å²) in [6.45, 7) is 3.80. The first-order valence-electron chi connectivity index (χ1n) is 9.22. The molecule has 0 atom stereocenters. The summed E-state index contributed by atoms with van der Waals surface area (Å²) in [4.78, 5) is 21.4. The molecule has 4 aromatic rings. The number of amides is 1. The van der Waals surface area contributed by atoms with E-state index in [1.165, 1.54) is 17.5 Å². The average molecular weight is 437 g/mol. The van der Waals surface area contributed by atoms with Crippen molar-refractivity contribution in [1.29, 1.82) is 5.26 Å². The van der Waals surface area contributed by atoms with Crippen molar-refractivity contribution in [3.8, 4) is 17.3 Å². The van der Waals surface area contributed by atoms with Crippen LogP contribution in [0.15, 0.2) is 35.8 Å². The van der Waals surface area contributed by atoms with Crippen LogP contribution in [0.2, 0.25) is 5.02 Å². The van der Waals surface area contributed by atoms with Crippen LogP contribution in [0, 0.1) is 25.2 Å². The minimum Gasteiger partial charge on any atom is -0.302 e. The Morgan fingerprint density at radius 3 is 2.87 bits per heavy atom. The topological polar surface area (TPSA) is 96.0 Å². The molecule has 0 saturated heterocycles. The molecule has 30 heavy (non-hydrogen) atoms. The van der Waals surface area contributed by atoms with Gasteiger partial charge in [-0.05, 0) is 31.9 Å². The zero-order chi connectivity index (χ0) is 21.3. The van der Waals surface area contributed by atoms with Crippen molar-refractivity contribution >= 4 is 39.6 Å². The first-order chi connectivity index (χ1) is 14.5. The summed E-state index contributed by atoms with van der Waals surface area (Å²) in [7, 11) is 0. The second-order valence-corrected chi connectivity index (χ2v) is 8.00. The predicted octanol–water partition coefficient (Wildman–Crippen LogP) is 4.57. The zero-order valence-corrected chi connectivity index (χ0v) is 17.9. The molecule has 1 amide bonds. The summed E-state index contributed by atoms with van der Waals surface area (Å²) < 4.78 is 1.65. The van der Waals surface area contributed by atoms with E-state index in [9.17, 15) is 10.1 Å². The second kappa shape index (κ2) is 8.22. The van der Waals surface area contributed by atoms with Crippen molar-refractivity contribution in [1.82, 2.24) is 19.6 Å². The van der Waals surface area contributed by atoms with E-state index < -0.39 is 0 Å². The summed E-state index contributed by atoms with van der Waals surface area (Å²) in [6, 6.07) is 9.56. The van der Waals surface area contributed by atoms with E-state index in [0.717, 1.165) is 28.2 Å². The van der Waals surface area contributed by atoms with Crippen molar-refractivity contribution in [2.24, 2.45) is 0 Å². The fourth-order valence-corrected chi connectivity index (χ4v) is 4.26. The fourth-order valence-electron chi connectivity index (χ4n) is 3.30. The average Bonchev–Trinajstić information content (AvgIpc) is 3.35. The van der Waals surface area contributed by atoms with Gasteiger partial charge >= 0.3 is 0 Å². The summed E-state index contributed by atoms with van der Waals surface area (Å²) in [5.41, 5.74) is 5.15. The van der Waals surface area contributed by atoms with Gasteiger partial charge in [0, 0.05) is 33.8 Å². The number of aryl methyl sites for hydroxylation is 2. The number of anilines is 1. The van der Waals surface area contributed by atoms with Gasteiger partial charge in [0.2, 0.25) is 5.91 Å². The van der Waals surface area contributed by atoms with Crippen LogP contribution in [0.5, 0.6) is 0 Å². The Kier molecular flexibility index (Phi) is 5.48. The molecule has 150 valence electrons. The van der Waals surface area contributed by atoms with E-state index in [2.05, 4.69) is 26.5 Å². The largest absolute Gasteiger partial charge is 0.302 e. The number of nitrogens with one attached hydrogen (secondary N) is 1. The van der Waals surface area contributed by atoms with Crippen LogP contribution in [0.1, 0.15) is 28.9 Å². The number of nitriles is 1. The molecule has 3 aromatic heterocycles. The van der Waals surface area contributed by atoms with Gasteiger partial charge in [0.05, 0.1) is 11.9 Å². The Morgan fingerprint density at radius 2 is 2.10 bits per heavy atom. The zero-order valence-electron chi connectivity index (χ0n) is 16.3. The van der Waals surface area contributed by atoms with Crippen molar-refractivity contribution < 1.29 is 4.79 Å². The first kappa shape index (κ1) is 20.0. The number of rotatable bonds is 5. The molecule has 3 heterocycles. The van der Waals surface area contributed by atoms with Crippen LogP contribution in [0.4, 0.5) is 5.13 Å². The lowest BCUT2D eigenvalue weighted by Gasteiger charge is -2.11. The molecule has 0 aliphatic rings. The number of carbonyl (C=O) groups is 1. The Bertz CT molecular complexity index is 1300. The molecule has 0 spiro atoms. The van der Waals surface area contributed by atoms with Crippen LogP contribution in [0.25, 0.3) is 16.9 Å². The molecule has 0 saturated carbocycles. The minimum absolute atomic E-state index is 0.132. The van der Waals surface area contributed by atoms with E-state index in [1.54, 1.807) is 4.52 Å². The number of hydrogen-bond acceptors (Lipinski definition) is 6. The molecule has 1 N–H and O–H groups in total. The van der Waals surface area contributed by atoms with Gasteiger partial charge in [0.15, 0.2) is 10.8 Å². The Hall–Kier alpha value is -3.28. The highest BCUT2D eigenvalue weighted by Gasteiger charge is 2.15. The summed E-state index contributed by atoms with van der Waals surface area (Å²) in [5, 5.41) is 19.3. The number of aromatic nitrogens is 4. The van der Waals surface area contributed by atoms with E-state index >= 15 is 0 Å². The lowest BCUT2D eigenvalue weighted by Crippen LogP contribution is -2.14. The quantitative estimate of drug-likeness (QED) is 0.494. The second-order valence-electron chi connectivity index (χ2n) is 6.73. The molecule has 0 aliphatic carbocycles. The highest BCUT2D eigenvalue weighted by Crippen LogP contribution is 2.30. The summed E-state index contributed by atoms with van der Waals surface area (Å²) in [5.74, 6) is -0.132. The molecule has 4 rings (SSSR count). The molecule has 0 unspecified atom stereocenters. The van der Waals surface area contributed by atoms with Crippen LogP contribution >= 0.6 is 22.9 Å². The highest BCUT2D eigenvalue weighted by molar-refractivity contribution is 7.14. The molecule has 0 aliphatic heterocycles. The minimum atomic E-state index is -0.132. The molecular weight excluding hydrogens is 420 g/mol. The standard InChI is InChI=1S/C21H17ClN6OS/c1-12-15(13(2)28-20(25-12)14(9-23)10-24-28)7-8-19(29)27-21-26-18(11-30-21)16-5-3-4-6-17(16)22/h3-6,10-11H,7-8H2,1-2H3,(H,26,27,29). The predicted molar refractivity (Wildman–Crippen MR) is 117 cm³/mol. The van der Waals surface area contributed by atoms with Crippen molar-refractivity contribution in [2.45, 2.75) is 26.7 Å². The molecule has 9 heteroatoms. The monoisotopic (exact) mass is 436 g/mol. The summed E-state index contributed by atoms with van der Waals surface area (Å²) in [6.07, 6.45) is 2.30. The Labute approximate surface area is 182 Å². The van der Waals surface area contributed by atoms with Crippen molar-refractivity contribution in [3.05, 3.63) is 63.4 Å². The fraction of sp³-hybridized carbons (Fsp3) is 0.190. The van der Waals surface area contributed by atoms with Gasteiger partial charge in [0.1, 0.15) is 11.6 Å². The van der Waals surface area contributed by atoms with Crippen LogP contribution in [-0.2, 0) is 11.2 Å². The maximum absolute atomic E-state index is 12.5. The van der Waals surface area contributed by atoms with Gasteiger partial charge in [-0.1, -0.05) is 29.8 Å². The highest BCUT2D eigenvalue weighted by atomic mass is 35.5. The van der Waals surface area contributed by atoms with Crippen molar-refractivity contribution in [2.75, 3.05) is 5.32 Å².